The number of carbonyl (C=O) groups excluding carboxylic acids is 1. The van der Waals surface area contributed by atoms with Gasteiger partial charge in [0.05, 0.1) is 13.2 Å². The maximum absolute atomic E-state index is 13.9. The van der Waals surface area contributed by atoms with Crippen LogP contribution in [0.25, 0.3) is 0 Å². The summed E-state index contributed by atoms with van der Waals surface area (Å²) in [6, 6.07) is 4.64. The summed E-state index contributed by atoms with van der Waals surface area (Å²) in [6.45, 7) is 4.66. The van der Waals surface area contributed by atoms with Gasteiger partial charge in [0.25, 0.3) is 0 Å². The van der Waals surface area contributed by atoms with Crippen molar-refractivity contribution in [2.45, 2.75) is 18.8 Å². The van der Waals surface area contributed by atoms with Crippen LogP contribution in [0.3, 0.4) is 0 Å². The molecule has 1 saturated carbocycles. The number of rotatable bonds is 5. The predicted octanol–water partition coefficient (Wildman–Crippen LogP) is 2.16. The molecule has 0 aromatic heterocycles. The monoisotopic (exact) mass is 307 g/mol. The van der Waals surface area contributed by atoms with E-state index in [1.165, 1.54) is 6.07 Å². The summed E-state index contributed by atoms with van der Waals surface area (Å²) in [5.41, 5.74) is 1.25. The maximum Gasteiger partial charge on any atom is 0.319 e. The summed E-state index contributed by atoms with van der Waals surface area (Å²) >= 11 is 0. The molecular weight excluding hydrogens is 285 g/mol. The Morgan fingerprint density at radius 2 is 2.09 bits per heavy atom. The second-order valence-electron chi connectivity index (χ2n) is 5.85. The highest BCUT2D eigenvalue weighted by molar-refractivity contribution is 5.89. The zero-order chi connectivity index (χ0) is 15.4. The van der Waals surface area contributed by atoms with E-state index in [0.29, 0.717) is 18.2 Å². The lowest BCUT2D eigenvalue weighted by molar-refractivity contribution is 0.0388. The van der Waals surface area contributed by atoms with Crippen LogP contribution in [0.2, 0.25) is 0 Å². The molecule has 1 aromatic carbocycles. The number of benzene rings is 1. The van der Waals surface area contributed by atoms with Gasteiger partial charge in [-0.1, -0.05) is 6.07 Å². The van der Waals surface area contributed by atoms with Crippen molar-refractivity contribution in [3.05, 3.63) is 29.6 Å². The maximum atomic E-state index is 13.9. The van der Waals surface area contributed by atoms with E-state index in [4.69, 9.17) is 4.74 Å². The van der Waals surface area contributed by atoms with E-state index in [2.05, 4.69) is 15.5 Å². The molecule has 1 aromatic rings. The lowest BCUT2D eigenvalue weighted by Crippen LogP contribution is -2.42. The lowest BCUT2D eigenvalue weighted by Gasteiger charge is -2.26. The molecule has 0 unspecified atom stereocenters. The van der Waals surface area contributed by atoms with Crippen LogP contribution in [0, 0.1) is 5.82 Å². The number of urea groups is 1. The molecule has 3 rings (SSSR count). The third-order valence-electron chi connectivity index (χ3n) is 4.09. The summed E-state index contributed by atoms with van der Waals surface area (Å²) < 4.78 is 19.2. The van der Waals surface area contributed by atoms with Gasteiger partial charge in [-0.2, -0.15) is 0 Å². The molecule has 0 spiro atoms. The van der Waals surface area contributed by atoms with Crippen molar-refractivity contribution >= 4 is 11.7 Å². The zero-order valence-corrected chi connectivity index (χ0v) is 12.6. The normalized spacial score (nSPS) is 19.0. The van der Waals surface area contributed by atoms with Crippen molar-refractivity contribution < 1.29 is 13.9 Å². The van der Waals surface area contributed by atoms with Crippen molar-refractivity contribution in [3.63, 3.8) is 0 Å². The van der Waals surface area contributed by atoms with E-state index in [1.54, 1.807) is 12.1 Å². The van der Waals surface area contributed by atoms with Gasteiger partial charge in [-0.05, 0) is 36.5 Å². The van der Waals surface area contributed by atoms with Crippen LogP contribution in [0.1, 0.15) is 24.3 Å². The molecule has 2 amide bonds. The number of anilines is 1. The molecule has 0 bridgehead atoms. The van der Waals surface area contributed by atoms with E-state index < -0.39 is 0 Å². The minimum Gasteiger partial charge on any atom is -0.379 e. The SMILES string of the molecule is O=C(NCCN1CCOCC1)Nc1ccc(C2CC2)c(F)c1. The van der Waals surface area contributed by atoms with Crippen LogP contribution in [-0.2, 0) is 4.74 Å². The Balaban J connectivity index is 1.42. The fraction of sp³-hybridized carbons (Fsp3) is 0.562. The summed E-state index contributed by atoms with van der Waals surface area (Å²) in [5, 5.41) is 5.47. The van der Waals surface area contributed by atoms with E-state index in [-0.39, 0.29) is 11.8 Å². The fourth-order valence-electron chi connectivity index (χ4n) is 2.66. The molecule has 2 aliphatic rings. The van der Waals surface area contributed by atoms with Crippen LogP contribution in [0.5, 0.6) is 0 Å². The first-order chi connectivity index (χ1) is 10.7. The highest BCUT2D eigenvalue weighted by atomic mass is 19.1. The molecule has 1 saturated heterocycles. The first kappa shape index (κ1) is 15.2. The van der Waals surface area contributed by atoms with Crippen LogP contribution in [0.15, 0.2) is 18.2 Å². The number of carbonyl (C=O) groups is 1. The summed E-state index contributed by atoms with van der Waals surface area (Å²) in [7, 11) is 0. The van der Waals surface area contributed by atoms with Gasteiger partial charge in [-0.25, -0.2) is 9.18 Å². The topological polar surface area (TPSA) is 53.6 Å². The molecule has 1 aliphatic carbocycles. The Morgan fingerprint density at radius 1 is 1.32 bits per heavy atom. The number of nitrogens with zero attached hydrogens (tertiary/aromatic N) is 1. The number of hydrogen-bond donors (Lipinski definition) is 2. The van der Waals surface area contributed by atoms with Crippen molar-refractivity contribution in [1.82, 2.24) is 10.2 Å². The van der Waals surface area contributed by atoms with Crippen molar-refractivity contribution in [3.8, 4) is 0 Å². The van der Waals surface area contributed by atoms with Crippen LogP contribution >= 0.6 is 0 Å². The van der Waals surface area contributed by atoms with Crippen molar-refractivity contribution in [2.75, 3.05) is 44.7 Å². The van der Waals surface area contributed by atoms with Crippen LogP contribution in [-0.4, -0.2) is 50.3 Å². The minimum absolute atomic E-state index is 0.228. The highest BCUT2D eigenvalue weighted by Crippen LogP contribution is 2.41. The summed E-state index contributed by atoms with van der Waals surface area (Å²) in [4.78, 5) is 14.1. The Morgan fingerprint density at radius 3 is 2.77 bits per heavy atom. The second-order valence-corrected chi connectivity index (χ2v) is 5.85. The van der Waals surface area contributed by atoms with E-state index >= 15 is 0 Å². The smallest absolute Gasteiger partial charge is 0.319 e. The number of morpholine rings is 1. The number of amides is 2. The first-order valence-corrected chi connectivity index (χ1v) is 7.87. The first-order valence-electron chi connectivity index (χ1n) is 7.87. The van der Waals surface area contributed by atoms with Gasteiger partial charge in [0.2, 0.25) is 0 Å². The highest BCUT2D eigenvalue weighted by Gasteiger charge is 2.26. The molecule has 0 radical (unpaired) electrons. The predicted molar refractivity (Wildman–Crippen MR) is 82.7 cm³/mol. The summed E-state index contributed by atoms with van der Waals surface area (Å²) in [5.74, 6) is 0.144. The molecule has 6 heteroatoms. The van der Waals surface area contributed by atoms with E-state index in [1.807, 2.05) is 0 Å². The molecular formula is C16H22FN3O2. The molecule has 0 atom stereocenters. The number of halogens is 1. The Hall–Kier alpha value is -1.66. The molecule has 22 heavy (non-hydrogen) atoms. The van der Waals surface area contributed by atoms with Gasteiger partial charge in [0.15, 0.2) is 0 Å². The van der Waals surface area contributed by atoms with E-state index in [0.717, 1.165) is 51.3 Å². The third kappa shape index (κ3) is 4.18. The standard InChI is InChI=1S/C16H22FN3O2/c17-15-11-13(3-4-14(15)12-1-2-12)19-16(21)18-5-6-20-7-9-22-10-8-20/h3-4,11-12H,1-2,5-10H2,(H2,18,19,21). The Bertz CT molecular complexity index is 528. The average Bonchev–Trinajstić information content (AvgIpc) is 3.33. The van der Waals surface area contributed by atoms with E-state index in [9.17, 15) is 9.18 Å². The zero-order valence-electron chi connectivity index (χ0n) is 12.6. The van der Waals surface area contributed by atoms with Gasteiger partial charge in [0, 0.05) is 31.9 Å². The number of hydrogen-bond acceptors (Lipinski definition) is 3. The third-order valence-corrected chi connectivity index (χ3v) is 4.09. The van der Waals surface area contributed by atoms with Gasteiger partial charge < -0.3 is 15.4 Å². The Kier molecular flexibility index (Phi) is 4.90. The van der Waals surface area contributed by atoms with Gasteiger partial charge >= 0.3 is 6.03 Å². The van der Waals surface area contributed by atoms with Crippen molar-refractivity contribution in [1.29, 1.82) is 0 Å². The average molecular weight is 307 g/mol. The van der Waals surface area contributed by atoms with Crippen molar-refractivity contribution in [2.24, 2.45) is 0 Å². The summed E-state index contributed by atoms with van der Waals surface area (Å²) in [6.07, 6.45) is 2.12. The molecule has 1 heterocycles. The fourth-order valence-corrected chi connectivity index (χ4v) is 2.66. The minimum atomic E-state index is -0.299. The number of ether oxygens (including phenoxy) is 1. The molecule has 120 valence electrons. The van der Waals surface area contributed by atoms with Gasteiger partial charge in [-0.3, -0.25) is 4.90 Å². The van der Waals surface area contributed by atoms with Crippen LogP contribution < -0.4 is 10.6 Å². The lowest BCUT2D eigenvalue weighted by atomic mass is 10.1. The second kappa shape index (κ2) is 7.07. The molecule has 2 fully saturated rings. The Labute approximate surface area is 129 Å². The van der Waals surface area contributed by atoms with Gasteiger partial charge in [0.1, 0.15) is 5.82 Å². The largest absolute Gasteiger partial charge is 0.379 e. The molecule has 2 N–H and O–H groups in total. The van der Waals surface area contributed by atoms with Crippen LogP contribution in [0.4, 0.5) is 14.9 Å². The van der Waals surface area contributed by atoms with Gasteiger partial charge in [-0.15, -0.1) is 0 Å². The quantitative estimate of drug-likeness (QED) is 0.876. The molecule has 1 aliphatic heterocycles. The molecule has 5 nitrogen and oxygen atoms in total. The number of nitrogens with one attached hydrogen (secondary N) is 2.